The fourth-order valence-electron chi connectivity index (χ4n) is 2.24. The molecule has 6 heteroatoms. The lowest BCUT2D eigenvalue weighted by Crippen LogP contribution is -2.32. The Hall–Kier alpha value is -2.21. The van der Waals surface area contributed by atoms with E-state index in [0.29, 0.717) is 16.5 Å². The van der Waals surface area contributed by atoms with E-state index in [4.69, 9.17) is 10.8 Å². The van der Waals surface area contributed by atoms with Gasteiger partial charge in [0.2, 0.25) is 0 Å². The van der Waals surface area contributed by atoms with Crippen LogP contribution >= 0.6 is 0 Å². The summed E-state index contributed by atoms with van der Waals surface area (Å²) in [6.45, 7) is 1.55. The average molecular weight is 278 g/mol. The van der Waals surface area contributed by atoms with E-state index in [1.165, 1.54) is 13.0 Å². The van der Waals surface area contributed by atoms with Crippen molar-refractivity contribution in [1.29, 1.82) is 0 Å². The van der Waals surface area contributed by atoms with Gasteiger partial charge in [-0.1, -0.05) is 6.07 Å². The molecule has 0 spiro atoms. The van der Waals surface area contributed by atoms with Gasteiger partial charge in [0, 0.05) is 18.0 Å². The van der Waals surface area contributed by atoms with Crippen molar-refractivity contribution in [2.45, 2.75) is 25.9 Å². The Kier molecular flexibility index (Phi) is 3.85. The first-order chi connectivity index (χ1) is 9.40. The van der Waals surface area contributed by atoms with E-state index in [1.54, 1.807) is 22.9 Å². The first-order valence-electron chi connectivity index (χ1n) is 6.14. The molecule has 0 aliphatic heterocycles. The summed E-state index contributed by atoms with van der Waals surface area (Å²) >= 11 is 0. The number of hydrogen-bond donors (Lipinski definition) is 2. The number of carbonyl (C=O) groups excluding carboxylic acids is 1. The third kappa shape index (κ3) is 2.70. The highest BCUT2D eigenvalue weighted by molar-refractivity contribution is 5.87. The quantitative estimate of drug-likeness (QED) is 0.863. The number of carboxylic acid groups (broad SMARTS) is 1. The molecule has 2 aromatic rings. The maximum Gasteiger partial charge on any atom is 0.320 e. The van der Waals surface area contributed by atoms with Crippen LogP contribution in [0.15, 0.2) is 24.4 Å². The first-order valence-corrected chi connectivity index (χ1v) is 6.14. The van der Waals surface area contributed by atoms with Gasteiger partial charge in [-0.3, -0.25) is 9.59 Å². The number of fused-ring (bicyclic) bond motifs is 1. The number of aromatic nitrogens is 1. The molecule has 0 bridgehead atoms. The summed E-state index contributed by atoms with van der Waals surface area (Å²) in [6, 6.07) is 3.44. The second kappa shape index (κ2) is 5.42. The van der Waals surface area contributed by atoms with E-state index < -0.39 is 17.8 Å². The molecule has 3 N–H and O–H groups in total. The standard InChI is InChI=1S/C14H15FN2O3/c1-8(18)6-17-7-9(5-11(16)14(19)20)13-10(15)3-2-4-12(13)17/h2-4,7,11H,5-6,16H2,1H3,(H,19,20). The molecular formula is C14H15FN2O3. The topological polar surface area (TPSA) is 85.3 Å². The van der Waals surface area contributed by atoms with Crippen LogP contribution in [0.25, 0.3) is 10.9 Å². The highest BCUT2D eigenvalue weighted by atomic mass is 19.1. The van der Waals surface area contributed by atoms with Crippen LogP contribution in [0.4, 0.5) is 4.39 Å². The molecule has 0 amide bonds. The summed E-state index contributed by atoms with van der Waals surface area (Å²) in [5.74, 6) is -1.66. The van der Waals surface area contributed by atoms with Gasteiger partial charge in [0.05, 0.1) is 12.1 Å². The minimum Gasteiger partial charge on any atom is -0.480 e. The van der Waals surface area contributed by atoms with Crippen molar-refractivity contribution in [2.24, 2.45) is 5.73 Å². The number of carbonyl (C=O) groups is 2. The second-order valence-electron chi connectivity index (χ2n) is 4.77. The number of carboxylic acids is 1. The number of nitrogens with two attached hydrogens (primary N) is 1. The molecule has 0 radical (unpaired) electrons. The van der Waals surface area contributed by atoms with E-state index >= 15 is 0 Å². The van der Waals surface area contributed by atoms with Crippen molar-refractivity contribution in [3.05, 3.63) is 35.8 Å². The van der Waals surface area contributed by atoms with E-state index in [-0.39, 0.29) is 18.7 Å². The molecule has 0 aliphatic carbocycles. The molecule has 1 atom stereocenters. The lowest BCUT2D eigenvalue weighted by atomic mass is 10.1. The van der Waals surface area contributed by atoms with Crippen molar-refractivity contribution >= 4 is 22.7 Å². The lowest BCUT2D eigenvalue weighted by Gasteiger charge is -2.05. The first kappa shape index (κ1) is 14.2. The molecule has 1 aromatic carbocycles. The fourth-order valence-corrected chi connectivity index (χ4v) is 2.24. The van der Waals surface area contributed by atoms with Gasteiger partial charge in [0.25, 0.3) is 0 Å². The minimum atomic E-state index is -1.14. The summed E-state index contributed by atoms with van der Waals surface area (Å²) in [5.41, 5.74) is 6.56. The summed E-state index contributed by atoms with van der Waals surface area (Å²) in [4.78, 5) is 22.1. The normalized spacial score (nSPS) is 12.6. The molecule has 0 fully saturated rings. The zero-order valence-electron chi connectivity index (χ0n) is 11.0. The van der Waals surface area contributed by atoms with Gasteiger partial charge in [0.15, 0.2) is 0 Å². The van der Waals surface area contributed by atoms with Crippen molar-refractivity contribution in [3.8, 4) is 0 Å². The Bertz CT molecular complexity index is 678. The summed E-state index contributed by atoms with van der Waals surface area (Å²) in [5, 5.41) is 9.18. The molecule has 1 unspecified atom stereocenters. The average Bonchev–Trinajstić information content (AvgIpc) is 2.68. The number of halogens is 1. The zero-order valence-corrected chi connectivity index (χ0v) is 11.0. The van der Waals surface area contributed by atoms with Crippen LogP contribution in [0, 0.1) is 5.82 Å². The van der Waals surface area contributed by atoms with Crippen LogP contribution < -0.4 is 5.73 Å². The van der Waals surface area contributed by atoms with E-state index in [1.807, 2.05) is 0 Å². The van der Waals surface area contributed by atoms with Gasteiger partial charge in [-0.15, -0.1) is 0 Å². The predicted molar refractivity (Wildman–Crippen MR) is 71.9 cm³/mol. The number of nitrogens with zero attached hydrogens (tertiary/aromatic N) is 1. The van der Waals surface area contributed by atoms with Crippen LogP contribution in [0.2, 0.25) is 0 Å². The van der Waals surface area contributed by atoms with Gasteiger partial charge in [0.1, 0.15) is 17.6 Å². The molecule has 1 aromatic heterocycles. The van der Waals surface area contributed by atoms with Crippen molar-refractivity contribution in [1.82, 2.24) is 4.57 Å². The Morgan fingerprint density at radius 3 is 2.75 bits per heavy atom. The molecule has 1 heterocycles. The maximum atomic E-state index is 14.0. The van der Waals surface area contributed by atoms with Crippen LogP contribution in [-0.4, -0.2) is 27.5 Å². The third-order valence-corrected chi connectivity index (χ3v) is 3.08. The molecule has 0 saturated heterocycles. The third-order valence-electron chi connectivity index (χ3n) is 3.08. The van der Waals surface area contributed by atoms with Crippen LogP contribution in [0.3, 0.4) is 0 Å². The summed E-state index contributed by atoms with van der Waals surface area (Å²) < 4.78 is 15.6. The van der Waals surface area contributed by atoms with Gasteiger partial charge < -0.3 is 15.4 Å². The molecular weight excluding hydrogens is 263 g/mol. The fraction of sp³-hybridized carbons (Fsp3) is 0.286. The molecule has 2 rings (SSSR count). The Morgan fingerprint density at radius 2 is 2.15 bits per heavy atom. The number of benzene rings is 1. The van der Waals surface area contributed by atoms with Gasteiger partial charge >= 0.3 is 5.97 Å². The lowest BCUT2D eigenvalue weighted by molar-refractivity contribution is -0.138. The number of ketones is 1. The highest BCUT2D eigenvalue weighted by Gasteiger charge is 2.18. The molecule has 106 valence electrons. The van der Waals surface area contributed by atoms with Crippen LogP contribution in [-0.2, 0) is 22.6 Å². The Labute approximate surface area is 114 Å². The second-order valence-corrected chi connectivity index (χ2v) is 4.77. The number of hydrogen-bond acceptors (Lipinski definition) is 3. The predicted octanol–water partition coefficient (Wildman–Crippen LogP) is 1.32. The van der Waals surface area contributed by atoms with E-state index in [0.717, 1.165) is 0 Å². The Morgan fingerprint density at radius 1 is 1.45 bits per heavy atom. The van der Waals surface area contributed by atoms with Crippen molar-refractivity contribution in [2.75, 3.05) is 0 Å². The van der Waals surface area contributed by atoms with Gasteiger partial charge in [-0.05, 0) is 24.6 Å². The minimum absolute atomic E-state index is 0.0116. The number of Topliss-reactive ketones (excluding diaryl/α,β-unsaturated/α-hetero) is 1. The number of rotatable bonds is 5. The molecule has 5 nitrogen and oxygen atoms in total. The van der Waals surface area contributed by atoms with E-state index in [9.17, 15) is 14.0 Å². The molecule has 20 heavy (non-hydrogen) atoms. The number of aliphatic carboxylic acids is 1. The van der Waals surface area contributed by atoms with Crippen molar-refractivity contribution in [3.63, 3.8) is 0 Å². The van der Waals surface area contributed by atoms with Gasteiger partial charge in [-0.25, -0.2) is 4.39 Å². The SMILES string of the molecule is CC(=O)Cn1cc(CC(N)C(=O)O)c2c(F)cccc21. The van der Waals surface area contributed by atoms with Gasteiger partial charge in [-0.2, -0.15) is 0 Å². The van der Waals surface area contributed by atoms with Crippen molar-refractivity contribution < 1.29 is 19.1 Å². The highest BCUT2D eigenvalue weighted by Crippen LogP contribution is 2.25. The monoisotopic (exact) mass is 278 g/mol. The smallest absolute Gasteiger partial charge is 0.320 e. The van der Waals surface area contributed by atoms with Crippen LogP contribution in [0.5, 0.6) is 0 Å². The molecule has 0 saturated carbocycles. The summed E-state index contributed by atoms with van der Waals surface area (Å²) in [7, 11) is 0. The largest absolute Gasteiger partial charge is 0.480 e. The maximum absolute atomic E-state index is 14.0. The molecule has 0 aliphatic rings. The zero-order chi connectivity index (χ0) is 14.9. The summed E-state index contributed by atoms with van der Waals surface area (Å²) in [6.07, 6.45) is 1.61. The Balaban J connectivity index is 2.53. The van der Waals surface area contributed by atoms with E-state index in [2.05, 4.69) is 0 Å². The van der Waals surface area contributed by atoms with Crippen LogP contribution in [0.1, 0.15) is 12.5 Å².